The molecule has 1 aromatic rings. The summed E-state index contributed by atoms with van der Waals surface area (Å²) >= 11 is 6.31. The topological polar surface area (TPSA) is 83.1 Å². The lowest BCUT2D eigenvalue weighted by Gasteiger charge is -2.33. The van der Waals surface area contributed by atoms with Crippen molar-refractivity contribution in [1.29, 1.82) is 0 Å². The summed E-state index contributed by atoms with van der Waals surface area (Å²) < 4.78 is 0. The van der Waals surface area contributed by atoms with Crippen LogP contribution >= 0.6 is 11.6 Å². The average Bonchev–Trinajstić information content (AvgIpc) is 3.13. The summed E-state index contributed by atoms with van der Waals surface area (Å²) in [6.45, 7) is 9.61. The molecule has 4 rings (SSSR count). The van der Waals surface area contributed by atoms with Crippen LogP contribution in [0.3, 0.4) is 0 Å². The number of amides is 3. The number of imide groups is 1. The molecule has 2 fully saturated rings. The second-order valence-electron chi connectivity index (χ2n) is 9.16. The van der Waals surface area contributed by atoms with Gasteiger partial charge in [-0.3, -0.25) is 19.3 Å². The van der Waals surface area contributed by atoms with Gasteiger partial charge < -0.3 is 10.6 Å². The molecule has 6 nitrogen and oxygen atoms in total. The quantitative estimate of drug-likeness (QED) is 0.712. The largest absolute Gasteiger partial charge is 0.326 e. The van der Waals surface area contributed by atoms with E-state index in [-0.39, 0.29) is 29.7 Å². The minimum atomic E-state index is -1.15. The van der Waals surface area contributed by atoms with Crippen molar-refractivity contribution in [3.05, 3.63) is 28.8 Å². The Morgan fingerprint density at radius 3 is 2.44 bits per heavy atom. The van der Waals surface area contributed by atoms with E-state index < -0.39 is 22.9 Å². The molecule has 1 spiro atoms. The molecular formula is C20H25ClN3O3+. The number of nitrogens with one attached hydrogen (secondary N) is 1. The van der Waals surface area contributed by atoms with Gasteiger partial charge in [0.25, 0.3) is 5.91 Å². The van der Waals surface area contributed by atoms with Gasteiger partial charge in [-0.2, -0.15) is 0 Å². The number of carbonyl (C=O) groups is 3. The van der Waals surface area contributed by atoms with Crippen LogP contribution < -0.4 is 10.6 Å². The Kier molecular flexibility index (Phi) is 3.79. The molecular weight excluding hydrogens is 366 g/mol. The Balaban J connectivity index is 1.95. The van der Waals surface area contributed by atoms with E-state index >= 15 is 0 Å². The van der Waals surface area contributed by atoms with Crippen LogP contribution in [0.25, 0.3) is 0 Å². The van der Waals surface area contributed by atoms with Gasteiger partial charge in [0.2, 0.25) is 17.4 Å². The predicted octanol–water partition coefficient (Wildman–Crippen LogP) is 1.49. The maximum absolute atomic E-state index is 13.5. The van der Waals surface area contributed by atoms with Gasteiger partial charge in [-0.15, -0.1) is 0 Å². The van der Waals surface area contributed by atoms with Crippen molar-refractivity contribution in [3.63, 3.8) is 0 Å². The van der Waals surface area contributed by atoms with Crippen LogP contribution in [0.15, 0.2) is 18.2 Å². The molecule has 0 saturated carbocycles. The summed E-state index contributed by atoms with van der Waals surface area (Å²) in [5, 5.41) is 5.26. The molecule has 0 aliphatic carbocycles. The van der Waals surface area contributed by atoms with Gasteiger partial charge in [0, 0.05) is 17.0 Å². The smallest absolute Gasteiger partial charge is 0.291 e. The summed E-state index contributed by atoms with van der Waals surface area (Å²) in [4.78, 5) is 41.4. The van der Waals surface area contributed by atoms with E-state index in [1.165, 1.54) is 4.90 Å². The molecule has 3 amide bonds. The number of likely N-dealkylation sites (tertiary alicyclic amines) is 1. The van der Waals surface area contributed by atoms with Gasteiger partial charge >= 0.3 is 0 Å². The summed E-state index contributed by atoms with van der Waals surface area (Å²) in [5.74, 6) is -1.82. The Morgan fingerprint density at radius 1 is 1.19 bits per heavy atom. The van der Waals surface area contributed by atoms with E-state index in [1.807, 2.05) is 46.0 Å². The van der Waals surface area contributed by atoms with Crippen molar-refractivity contribution >= 4 is 35.0 Å². The predicted molar refractivity (Wildman–Crippen MR) is 101 cm³/mol. The second-order valence-corrected chi connectivity index (χ2v) is 9.57. The highest BCUT2D eigenvalue weighted by Gasteiger charge is 2.75. The van der Waals surface area contributed by atoms with Gasteiger partial charge in [-0.25, -0.2) is 0 Å². The first-order chi connectivity index (χ1) is 12.5. The van der Waals surface area contributed by atoms with Crippen LogP contribution in [0.2, 0.25) is 5.02 Å². The number of halogens is 1. The molecule has 0 aromatic heterocycles. The monoisotopic (exact) mass is 390 g/mol. The molecule has 0 radical (unpaired) electrons. The molecule has 3 heterocycles. The van der Waals surface area contributed by atoms with Crippen LogP contribution in [0.5, 0.6) is 0 Å². The van der Waals surface area contributed by atoms with Crippen LogP contribution in [0.4, 0.5) is 5.69 Å². The van der Waals surface area contributed by atoms with E-state index in [1.54, 1.807) is 12.1 Å². The van der Waals surface area contributed by atoms with Gasteiger partial charge in [0.05, 0.1) is 10.7 Å². The highest BCUT2D eigenvalue weighted by molar-refractivity contribution is 6.35. The molecule has 2 saturated heterocycles. The third-order valence-electron chi connectivity index (χ3n) is 6.23. The zero-order chi connectivity index (χ0) is 19.9. The number of benzene rings is 1. The molecule has 3 aliphatic heterocycles. The lowest BCUT2D eigenvalue weighted by Crippen LogP contribution is -2.99. The van der Waals surface area contributed by atoms with Crippen LogP contribution in [0, 0.1) is 17.8 Å². The third kappa shape index (κ3) is 2.20. The number of para-hydroxylation sites is 1. The number of nitrogens with two attached hydrogens (primary N) is 1. The number of rotatable bonds is 1. The molecule has 144 valence electrons. The number of hydrogen-bond acceptors (Lipinski definition) is 3. The van der Waals surface area contributed by atoms with E-state index in [0.29, 0.717) is 16.3 Å². The second kappa shape index (κ2) is 5.55. The number of nitrogens with zero attached hydrogens (tertiary/aromatic N) is 1. The molecule has 7 heteroatoms. The minimum absolute atomic E-state index is 0.129. The zero-order valence-corrected chi connectivity index (χ0v) is 16.9. The lowest BCUT2D eigenvalue weighted by atomic mass is 9.76. The van der Waals surface area contributed by atoms with Gasteiger partial charge in [-0.1, -0.05) is 31.5 Å². The minimum Gasteiger partial charge on any atom is -0.326 e. The summed E-state index contributed by atoms with van der Waals surface area (Å²) in [5.41, 5.74) is -0.520. The zero-order valence-electron chi connectivity index (χ0n) is 16.2. The van der Waals surface area contributed by atoms with Crippen molar-refractivity contribution in [2.24, 2.45) is 17.8 Å². The first kappa shape index (κ1) is 18.4. The Morgan fingerprint density at radius 2 is 1.85 bits per heavy atom. The fraction of sp³-hybridized carbons (Fsp3) is 0.550. The number of anilines is 1. The molecule has 4 atom stereocenters. The lowest BCUT2D eigenvalue weighted by molar-refractivity contribution is -0.738. The fourth-order valence-electron chi connectivity index (χ4n) is 5.15. The molecule has 3 N–H and O–H groups in total. The van der Waals surface area contributed by atoms with Crippen molar-refractivity contribution < 1.29 is 19.7 Å². The van der Waals surface area contributed by atoms with Gasteiger partial charge in [0.15, 0.2) is 0 Å². The first-order valence-corrected chi connectivity index (χ1v) is 9.74. The van der Waals surface area contributed by atoms with Crippen molar-refractivity contribution in [3.8, 4) is 0 Å². The summed E-state index contributed by atoms with van der Waals surface area (Å²) in [6, 6.07) is 5.19. The Hall–Kier alpha value is -1.92. The number of carbonyl (C=O) groups excluding carboxylic acids is 3. The van der Waals surface area contributed by atoms with Gasteiger partial charge in [-0.05, 0) is 32.9 Å². The highest BCUT2D eigenvalue weighted by Crippen LogP contribution is 2.52. The maximum atomic E-state index is 13.5. The van der Waals surface area contributed by atoms with Crippen molar-refractivity contribution in [1.82, 2.24) is 4.90 Å². The third-order valence-corrected chi connectivity index (χ3v) is 6.54. The maximum Gasteiger partial charge on any atom is 0.291 e. The Bertz CT molecular complexity index is 876. The number of fused-ring (bicyclic) bond motifs is 4. The van der Waals surface area contributed by atoms with E-state index in [9.17, 15) is 14.4 Å². The van der Waals surface area contributed by atoms with E-state index in [0.717, 1.165) is 0 Å². The van der Waals surface area contributed by atoms with Crippen LogP contribution in [-0.2, 0) is 19.9 Å². The van der Waals surface area contributed by atoms with Crippen LogP contribution in [0.1, 0.15) is 40.2 Å². The molecule has 0 unspecified atom stereocenters. The van der Waals surface area contributed by atoms with Gasteiger partial charge in [0.1, 0.15) is 17.9 Å². The average molecular weight is 391 g/mol. The molecule has 3 aliphatic rings. The normalized spacial score (nSPS) is 32.5. The summed E-state index contributed by atoms with van der Waals surface area (Å²) in [6.07, 6.45) is 0. The first-order valence-electron chi connectivity index (χ1n) is 9.36. The van der Waals surface area contributed by atoms with E-state index in [2.05, 4.69) is 5.32 Å². The van der Waals surface area contributed by atoms with Crippen LogP contribution in [-0.4, -0.2) is 34.2 Å². The van der Waals surface area contributed by atoms with E-state index in [4.69, 9.17) is 11.6 Å². The number of quaternary nitrogens is 1. The summed E-state index contributed by atoms with van der Waals surface area (Å²) in [7, 11) is 0. The Labute approximate surface area is 163 Å². The molecule has 27 heavy (non-hydrogen) atoms. The van der Waals surface area contributed by atoms with Crippen molar-refractivity contribution in [2.75, 3.05) is 5.32 Å². The SMILES string of the molecule is CC(C)[C@@H]1[NH2+][C@]2(C(=O)Nc3c(Cl)cccc32)[C@@H]2C(=O)N(C(C)(C)C)C(=O)[C@@H]21. The highest BCUT2D eigenvalue weighted by atomic mass is 35.5. The molecule has 0 bridgehead atoms. The number of hydrogen-bond donors (Lipinski definition) is 2. The standard InChI is InChI=1S/C20H24ClN3O3/c1-9(2)14-12-13(17(26)24(16(12)25)19(3,4)5)20(23-14)10-7-6-8-11(21)15(10)22-18(20)27/h6-9,12-14,23H,1-5H3,(H,22,27)/p+1/t12-,13-,14-,20-/m0/s1. The van der Waals surface area contributed by atoms with Crippen molar-refractivity contribution in [2.45, 2.75) is 51.7 Å². The fourth-order valence-corrected chi connectivity index (χ4v) is 5.37. The molecule has 1 aromatic carbocycles.